The lowest BCUT2D eigenvalue weighted by molar-refractivity contribution is -0.306. The molecule has 37 heavy (non-hydrogen) atoms. The number of hydrogen-bond donors (Lipinski definition) is 2. The van der Waals surface area contributed by atoms with E-state index >= 15 is 0 Å². The minimum atomic E-state index is -1.45. The van der Waals surface area contributed by atoms with E-state index in [4.69, 9.17) is 0 Å². The molecule has 9 heteroatoms. The zero-order chi connectivity index (χ0) is 26.3. The lowest BCUT2D eigenvalue weighted by Crippen LogP contribution is -2.58. The van der Waals surface area contributed by atoms with Crippen molar-refractivity contribution in [2.24, 2.45) is 0 Å². The third-order valence-electron chi connectivity index (χ3n) is 6.79. The van der Waals surface area contributed by atoms with Crippen molar-refractivity contribution in [3.63, 3.8) is 0 Å². The molecule has 0 aromatic heterocycles. The van der Waals surface area contributed by atoms with Crippen molar-refractivity contribution in [2.75, 3.05) is 16.8 Å². The molecule has 1 atom stereocenters. The van der Waals surface area contributed by atoms with Crippen molar-refractivity contribution in [2.45, 2.75) is 25.6 Å². The Hall–Kier alpha value is -4.63. The molecule has 0 aliphatic carbocycles. The topological polar surface area (TPSA) is 116 Å². The predicted molar refractivity (Wildman–Crippen MR) is 138 cm³/mol. The molecular weight excluding hydrogens is 472 g/mol. The summed E-state index contributed by atoms with van der Waals surface area (Å²) in [7, 11) is 0. The molecule has 0 unspecified atom stereocenters. The summed E-state index contributed by atoms with van der Waals surface area (Å²) in [6, 6.07) is 24.0. The molecule has 0 radical (unpaired) electrons. The van der Waals surface area contributed by atoms with Gasteiger partial charge in [0.1, 0.15) is 0 Å². The Morgan fingerprint density at radius 2 is 1.49 bits per heavy atom. The van der Waals surface area contributed by atoms with Gasteiger partial charge in [0.25, 0.3) is 0 Å². The highest BCUT2D eigenvalue weighted by molar-refractivity contribution is 6.07. The second kappa shape index (κ2) is 9.11. The molecule has 1 fully saturated rings. The molecule has 9 nitrogen and oxygen atoms in total. The van der Waals surface area contributed by atoms with Crippen LogP contribution < -0.4 is 15.3 Å². The van der Waals surface area contributed by atoms with Crippen molar-refractivity contribution >= 4 is 51.0 Å². The molecule has 0 bridgehead atoms. The number of nitrogens with one attached hydrogen (secondary N) is 1. The Balaban J connectivity index is 1.58. The summed E-state index contributed by atoms with van der Waals surface area (Å²) < 4.78 is 0. The Morgan fingerprint density at radius 1 is 0.919 bits per heavy atom. The third-order valence-corrected chi connectivity index (χ3v) is 6.79. The normalized spacial score (nSPS) is 16.8. The number of fused-ring (bicyclic) bond motifs is 2. The molecule has 1 saturated heterocycles. The molecular formula is C28H25N4O5-. The van der Waals surface area contributed by atoms with Crippen LogP contribution in [-0.4, -0.2) is 51.5 Å². The number of hydroxylamine groups is 2. The molecule has 0 saturated carbocycles. The van der Waals surface area contributed by atoms with Gasteiger partial charge in [0.15, 0.2) is 6.17 Å². The van der Waals surface area contributed by atoms with Gasteiger partial charge in [0.2, 0.25) is 0 Å². The van der Waals surface area contributed by atoms with Crippen LogP contribution in [0.2, 0.25) is 0 Å². The standard InChI is InChI=1S/C28H26N4O5/c1-28(2)25(32(37)26(35)29-22-15-7-11-18-9-3-5-13-20(18)22)31(27(36)30(28)17-24(33)34)23-16-8-12-19-10-4-6-14-21(19)23/h3-16,25,37H,17H2,1-2H3,(H,29,35)(H,33,34)/p-1/t25-/m0/s1. The highest BCUT2D eigenvalue weighted by Crippen LogP contribution is 2.40. The number of urea groups is 2. The number of carbonyl (C=O) groups is 3. The van der Waals surface area contributed by atoms with Gasteiger partial charge in [-0.25, -0.2) is 9.59 Å². The van der Waals surface area contributed by atoms with E-state index in [1.807, 2.05) is 60.7 Å². The summed E-state index contributed by atoms with van der Waals surface area (Å²) in [5.74, 6) is -1.45. The Labute approximate surface area is 213 Å². The van der Waals surface area contributed by atoms with Gasteiger partial charge in [0.05, 0.1) is 29.4 Å². The van der Waals surface area contributed by atoms with Crippen LogP contribution >= 0.6 is 0 Å². The summed E-state index contributed by atoms with van der Waals surface area (Å²) in [5, 5.41) is 29.2. The van der Waals surface area contributed by atoms with E-state index in [-0.39, 0.29) is 0 Å². The number of carboxylic acid groups (broad SMARTS) is 1. The third kappa shape index (κ3) is 4.09. The van der Waals surface area contributed by atoms with E-state index in [2.05, 4.69) is 5.32 Å². The first-order chi connectivity index (χ1) is 17.7. The number of aliphatic carboxylic acids is 1. The minimum Gasteiger partial charge on any atom is -0.548 e. The first-order valence-corrected chi connectivity index (χ1v) is 11.8. The van der Waals surface area contributed by atoms with E-state index in [0.29, 0.717) is 21.8 Å². The van der Waals surface area contributed by atoms with E-state index in [0.717, 1.165) is 21.1 Å². The molecule has 4 aromatic carbocycles. The second-order valence-corrected chi connectivity index (χ2v) is 9.44. The quantitative estimate of drug-likeness (QED) is 0.319. The molecule has 4 aromatic rings. The zero-order valence-electron chi connectivity index (χ0n) is 20.3. The highest BCUT2D eigenvalue weighted by atomic mass is 16.5. The summed E-state index contributed by atoms with van der Waals surface area (Å²) in [6.07, 6.45) is -1.26. The second-order valence-electron chi connectivity index (χ2n) is 9.44. The number of amides is 4. The van der Waals surface area contributed by atoms with Crippen LogP contribution in [0, 0.1) is 0 Å². The average molecular weight is 498 g/mol. The largest absolute Gasteiger partial charge is 0.548 e. The number of rotatable bonds is 5. The fraction of sp³-hybridized carbons (Fsp3) is 0.179. The average Bonchev–Trinajstić information content (AvgIpc) is 3.08. The Kier molecular flexibility index (Phi) is 5.93. The van der Waals surface area contributed by atoms with Crippen molar-refractivity contribution < 1.29 is 24.7 Å². The fourth-order valence-electron chi connectivity index (χ4n) is 5.02. The smallest absolute Gasteiger partial charge is 0.347 e. The number of carbonyl (C=O) groups excluding carboxylic acids is 3. The van der Waals surface area contributed by atoms with Crippen LogP contribution in [0.5, 0.6) is 0 Å². The van der Waals surface area contributed by atoms with Gasteiger partial charge < -0.3 is 20.1 Å². The monoisotopic (exact) mass is 497 g/mol. The van der Waals surface area contributed by atoms with Crippen LogP contribution in [0.1, 0.15) is 13.8 Å². The first-order valence-electron chi connectivity index (χ1n) is 11.8. The van der Waals surface area contributed by atoms with Crippen LogP contribution in [0.3, 0.4) is 0 Å². The summed E-state index contributed by atoms with van der Waals surface area (Å²) in [6.45, 7) is 2.48. The molecule has 5 rings (SSSR count). The maximum atomic E-state index is 13.7. The van der Waals surface area contributed by atoms with Gasteiger partial charge >= 0.3 is 12.1 Å². The number of carboxylic acids is 1. The molecule has 1 heterocycles. The van der Waals surface area contributed by atoms with Crippen LogP contribution in [0.25, 0.3) is 21.5 Å². The van der Waals surface area contributed by atoms with Crippen molar-refractivity contribution in [1.29, 1.82) is 0 Å². The molecule has 1 aliphatic heterocycles. The van der Waals surface area contributed by atoms with Gasteiger partial charge in [-0.2, -0.15) is 5.06 Å². The molecule has 2 N–H and O–H groups in total. The highest BCUT2D eigenvalue weighted by Gasteiger charge is 2.56. The summed E-state index contributed by atoms with van der Waals surface area (Å²) in [5.41, 5.74) is -0.398. The van der Waals surface area contributed by atoms with Crippen LogP contribution in [0.15, 0.2) is 84.9 Å². The van der Waals surface area contributed by atoms with E-state index in [1.54, 1.807) is 38.1 Å². The van der Waals surface area contributed by atoms with Crippen LogP contribution in [-0.2, 0) is 4.79 Å². The number of benzene rings is 4. The zero-order valence-corrected chi connectivity index (χ0v) is 20.3. The van der Waals surface area contributed by atoms with Crippen molar-refractivity contribution in [3.05, 3.63) is 84.9 Å². The van der Waals surface area contributed by atoms with Gasteiger partial charge in [-0.15, -0.1) is 0 Å². The Bertz CT molecular complexity index is 1530. The number of hydrogen-bond acceptors (Lipinski definition) is 5. The lowest BCUT2D eigenvalue weighted by atomic mass is 9.99. The van der Waals surface area contributed by atoms with Crippen molar-refractivity contribution in [1.82, 2.24) is 9.96 Å². The van der Waals surface area contributed by atoms with Gasteiger partial charge in [0, 0.05) is 10.8 Å². The van der Waals surface area contributed by atoms with E-state index in [9.17, 15) is 24.7 Å². The van der Waals surface area contributed by atoms with Gasteiger partial charge in [-0.05, 0) is 36.8 Å². The van der Waals surface area contributed by atoms with E-state index in [1.165, 1.54) is 4.90 Å². The Morgan fingerprint density at radius 3 is 2.16 bits per heavy atom. The SMILES string of the molecule is CC1(C)[C@H](N(O)C(=O)Nc2cccc3ccccc23)N(c2cccc3ccccc23)C(=O)N1CC(=O)[O-]. The van der Waals surface area contributed by atoms with E-state index < -0.39 is 36.3 Å². The molecule has 1 aliphatic rings. The fourth-order valence-corrected chi connectivity index (χ4v) is 5.02. The van der Waals surface area contributed by atoms with Crippen LogP contribution in [0.4, 0.5) is 21.0 Å². The lowest BCUT2D eigenvalue weighted by Gasteiger charge is -2.38. The molecule has 188 valence electrons. The van der Waals surface area contributed by atoms with Gasteiger partial charge in [-0.3, -0.25) is 10.1 Å². The summed E-state index contributed by atoms with van der Waals surface area (Å²) >= 11 is 0. The molecule has 4 amide bonds. The predicted octanol–water partition coefficient (Wildman–Crippen LogP) is 4.01. The van der Waals surface area contributed by atoms with Gasteiger partial charge in [-0.1, -0.05) is 72.8 Å². The molecule has 0 spiro atoms. The first kappa shape index (κ1) is 24.1. The summed E-state index contributed by atoms with van der Waals surface area (Å²) in [4.78, 5) is 40.9. The minimum absolute atomic E-state index is 0.430. The number of anilines is 2. The van der Waals surface area contributed by atoms with Crippen molar-refractivity contribution in [3.8, 4) is 0 Å². The maximum Gasteiger partial charge on any atom is 0.347 e. The number of nitrogens with zero attached hydrogens (tertiary/aromatic N) is 3. The maximum absolute atomic E-state index is 13.7.